The van der Waals surface area contributed by atoms with E-state index in [0.717, 1.165) is 44.4 Å². The van der Waals surface area contributed by atoms with E-state index in [1.807, 2.05) is 14.0 Å². The molecule has 1 aliphatic heterocycles. The van der Waals surface area contributed by atoms with Gasteiger partial charge in [-0.05, 0) is 38.5 Å². The topological polar surface area (TPSA) is 66.0 Å². The smallest absolute Gasteiger partial charge is 0.409 e. The van der Waals surface area contributed by atoms with Gasteiger partial charge in [-0.3, -0.25) is 4.99 Å². The van der Waals surface area contributed by atoms with E-state index in [9.17, 15) is 4.79 Å². The molecule has 6 nitrogen and oxygen atoms in total. The van der Waals surface area contributed by atoms with Crippen LogP contribution in [0.15, 0.2) is 4.99 Å². The molecule has 1 amide bonds. The fraction of sp³-hybridized carbons (Fsp3) is 0.895. The maximum atomic E-state index is 11.8. The first-order valence-corrected chi connectivity index (χ1v) is 10.1. The number of aliphatic imine (C=N–C) groups is 1. The van der Waals surface area contributed by atoms with E-state index in [0.29, 0.717) is 12.6 Å². The number of hydrogen-bond acceptors (Lipinski definition) is 3. The molecule has 0 unspecified atom stereocenters. The Morgan fingerprint density at radius 1 is 1.08 bits per heavy atom. The van der Waals surface area contributed by atoms with E-state index in [2.05, 4.69) is 15.6 Å². The van der Waals surface area contributed by atoms with Crippen molar-refractivity contribution in [1.29, 1.82) is 0 Å². The molecule has 0 aromatic rings. The van der Waals surface area contributed by atoms with Gasteiger partial charge in [-0.25, -0.2) is 4.79 Å². The molecule has 1 saturated heterocycles. The number of piperidine rings is 1. The summed E-state index contributed by atoms with van der Waals surface area (Å²) < 4.78 is 5.07. The zero-order valence-corrected chi connectivity index (χ0v) is 18.8. The van der Waals surface area contributed by atoms with Crippen LogP contribution in [0.1, 0.15) is 64.7 Å². The van der Waals surface area contributed by atoms with Crippen LogP contribution >= 0.6 is 24.0 Å². The number of nitrogens with one attached hydrogen (secondary N) is 2. The van der Waals surface area contributed by atoms with Crippen molar-refractivity contribution >= 4 is 36.0 Å². The number of ether oxygens (including phenoxy) is 1. The van der Waals surface area contributed by atoms with Crippen LogP contribution in [-0.4, -0.2) is 56.3 Å². The molecule has 1 saturated carbocycles. The number of rotatable bonds is 4. The number of nitrogens with zero attached hydrogens (tertiary/aromatic N) is 2. The molecule has 0 aromatic carbocycles. The van der Waals surface area contributed by atoms with Crippen molar-refractivity contribution in [2.45, 2.75) is 70.8 Å². The lowest BCUT2D eigenvalue weighted by Crippen LogP contribution is -2.50. The van der Waals surface area contributed by atoms with Crippen molar-refractivity contribution in [2.24, 2.45) is 10.9 Å². The third-order valence-corrected chi connectivity index (χ3v) is 5.37. The summed E-state index contributed by atoms with van der Waals surface area (Å²) in [5.74, 6) is 1.67. The van der Waals surface area contributed by atoms with Crippen molar-refractivity contribution in [3.63, 3.8) is 0 Å². The highest BCUT2D eigenvalue weighted by Gasteiger charge is 2.24. The Balaban J connectivity index is 0.00000338. The summed E-state index contributed by atoms with van der Waals surface area (Å²) >= 11 is 0. The number of guanidine groups is 1. The monoisotopic (exact) mass is 480 g/mol. The van der Waals surface area contributed by atoms with Gasteiger partial charge in [-0.15, -0.1) is 24.0 Å². The molecule has 2 aliphatic rings. The number of carbonyl (C=O) groups excluding carboxylic acids is 1. The van der Waals surface area contributed by atoms with Gasteiger partial charge in [-0.2, -0.15) is 0 Å². The minimum Gasteiger partial charge on any atom is -0.450 e. The highest BCUT2D eigenvalue weighted by molar-refractivity contribution is 14.0. The third-order valence-electron chi connectivity index (χ3n) is 5.37. The van der Waals surface area contributed by atoms with Crippen LogP contribution in [0.25, 0.3) is 0 Å². The lowest BCUT2D eigenvalue weighted by molar-refractivity contribution is 0.0963. The highest BCUT2D eigenvalue weighted by Crippen LogP contribution is 2.21. The Hall–Kier alpha value is -0.730. The van der Waals surface area contributed by atoms with Crippen LogP contribution in [-0.2, 0) is 4.74 Å². The quantitative estimate of drug-likeness (QED) is 0.366. The summed E-state index contributed by atoms with van der Waals surface area (Å²) in [4.78, 5) is 17.9. The number of likely N-dealkylation sites (tertiary alicyclic amines) is 1. The predicted molar refractivity (Wildman–Crippen MR) is 117 cm³/mol. The molecule has 26 heavy (non-hydrogen) atoms. The van der Waals surface area contributed by atoms with Gasteiger partial charge in [0.25, 0.3) is 0 Å². The number of halogens is 1. The largest absolute Gasteiger partial charge is 0.450 e. The van der Waals surface area contributed by atoms with Gasteiger partial charge in [0.15, 0.2) is 5.96 Å². The second-order valence-corrected chi connectivity index (χ2v) is 7.27. The molecule has 0 aromatic heterocycles. The normalized spacial score (nSPS) is 20.5. The molecule has 2 fully saturated rings. The molecular formula is C19H37IN4O2. The van der Waals surface area contributed by atoms with Crippen molar-refractivity contribution in [3.8, 4) is 0 Å². The molecule has 1 aliphatic carbocycles. The maximum absolute atomic E-state index is 11.8. The Kier molecular flexibility index (Phi) is 12.0. The molecule has 7 heteroatoms. The average molecular weight is 480 g/mol. The summed E-state index contributed by atoms with van der Waals surface area (Å²) in [7, 11) is 1.83. The fourth-order valence-corrected chi connectivity index (χ4v) is 3.79. The molecule has 1 heterocycles. The lowest BCUT2D eigenvalue weighted by atomic mass is 9.91. The van der Waals surface area contributed by atoms with Crippen molar-refractivity contribution in [1.82, 2.24) is 15.5 Å². The minimum atomic E-state index is -0.187. The molecule has 0 radical (unpaired) electrons. The standard InChI is InChI=1S/C19H36N4O2.HI/c1-3-25-19(24)23-13-11-17(12-14-23)22-18(20-2)21-15-16-9-7-5-4-6-8-10-16;/h16-17H,3-15H2,1-2H3,(H2,20,21,22);1H. The summed E-state index contributed by atoms with van der Waals surface area (Å²) in [5.41, 5.74) is 0. The van der Waals surface area contributed by atoms with Gasteiger partial charge >= 0.3 is 6.09 Å². The van der Waals surface area contributed by atoms with Crippen LogP contribution in [0, 0.1) is 5.92 Å². The predicted octanol–water partition coefficient (Wildman–Crippen LogP) is 3.75. The lowest BCUT2D eigenvalue weighted by Gasteiger charge is -2.32. The van der Waals surface area contributed by atoms with Gasteiger partial charge in [0, 0.05) is 32.7 Å². The Morgan fingerprint density at radius 2 is 1.69 bits per heavy atom. The van der Waals surface area contributed by atoms with Gasteiger partial charge < -0.3 is 20.3 Å². The third kappa shape index (κ3) is 8.31. The second kappa shape index (κ2) is 13.4. The molecular weight excluding hydrogens is 443 g/mol. The fourth-order valence-electron chi connectivity index (χ4n) is 3.79. The zero-order valence-electron chi connectivity index (χ0n) is 16.5. The Morgan fingerprint density at radius 3 is 2.27 bits per heavy atom. The van der Waals surface area contributed by atoms with E-state index in [4.69, 9.17) is 4.74 Å². The number of amides is 1. The van der Waals surface area contributed by atoms with Crippen molar-refractivity contribution in [3.05, 3.63) is 0 Å². The first kappa shape index (κ1) is 23.3. The number of carbonyl (C=O) groups is 1. The Labute approximate surface area is 175 Å². The number of hydrogen-bond donors (Lipinski definition) is 2. The molecule has 2 N–H and O–H groups in total. The zero-order chi connectivity index (χ0) is 17.9. The van der Waals surface area contributed by atoms with Crippen LogP contribution in [0.4, 0.5) is 4.79 Å². The highest BCUT2D eigenvalue weighted by atomic mass is 127. The average Bonchev–Trinajstić information content (AvgIpc) is 2.60. The van der Waals surface area contributed by atoms with E-state index >= 15 is 0 Å². The second-order valence-electron chi connectivity index (χ2n) is 7.27. The SMILES string of the molecule is CCOC(=O)N1CCC(NC(=NC)NCC2CCCCCCC2)CC1.I. The molecule has 152 valence electrons. The van der Waals surface area contributed by atoms with Crippen molar-refractivity contribution in [2.75, 3.05) is 33.3 Å². The van der Waals surface area contributed by atoms with Crippen molar-refractivity contribution < 1.29 is 9.53 Å². The van der Waals surface area contributed by atoms with E-state index in [-0.39, 0.29) is 30.1 Å². The Bertz CT molecular complexity index is 418. The van der Waals surface area contributed by atoms with Gasteiger partial charge in [0.05, 0.1) is 6.61 Å². The minimum absolute atomic E-state index is 0. The first-order chi connectivity index (χ1) is 12.2. The van der Waals surface area contributed by atoms with Crippen LogP contribution in [0.2, 0.25) is 0 Å². The van der Waals surface area contributed by atoms with Gasteiger partial charge in [0.1, 0.15) is 0 Å². The molecule has 0 bridgehead atoms. The maximum Gasteiger partial charge on any atom is 0.409 e. The van der Waals surface area contributed by atoms with E-state index < -0.39 is 0 Å². The summed E-state index contributed by atoms with van der Waals surface area (Å²) in [6, 6.07) is 0.370. The van der Waals surface area contributed by atoms with Crippen LogP contribution in [0.5, 0.6) is 0 Å². The van der Waals surface area contributed by atoms with Crippen LogP contribution in [0.3, 0.4) is 0 Å². The summed E-state index contributed by atoms with van der Waals surface area (Å²) in [6.07, 6.45) is 11.3. The van der Waals surface area contributed by atoms with Gasteiger partial charge in [-0.1, -0.05) is 32.1 Å². The van der Waals surface area contributed by atoms with E-state index in [1.54, 1.807) is 4.90 Å². The molecule has 2 rings (SSSR count). The first-order valence-electron chi connectivity index (χ1n) is 10.1. The molecule has 0 atom stereocenters. The summed E-state index contributed by atoms with van der Waals surface area (Å²) in [6.45, 7) is 4.79. The summed E-state index contributed by atoms with van der Waals surface area (Å²) in [5, 5.41) is 7.05. The van der Waals surface area contributed by atoms with Crippen LogP contribution < -0.4 is 10.6 Å². The molecule has 0 spiro atoms. The van der Waals surface area contributed by atoms with E-state index in [1.165, 1.54) is 44.9 Å². The van der Waals surface area contributed by atoms with Gasteiger partial charge in [0.2, 0.25) is 0 Å².